The van der Waals surface area contributed by atoms with Gasteiger partial charge in [-0.25, -0.2) is 4.98 Å². The third kappa shape index (κ3) is 2.26. The third-order valence-electron chi connectivity index (χ3n) is 4.40. The number of rotatable bonds is 3. The van der Waals surface area contributed by atoms with E-state index >= 15 is 0 Å². The van der Waals surface area contributed by atoms with Crippen LogP contribution < -0.4 is 0 Å². The molecule has 4 heterocycles. The summed E-state index contributed by atoms with van der Waals surface area (Å²) in [6, 6.07) is 0.348. The highest BCUT2D eigenvalue weighted by Crippen LogP contribution is 2.38. The molecule has 22 heavy (non-hydrogen) atoms. The fraction of sp³-hybridized carbons (Fsp3) is 0.467. The minimum atomic E-state index is 0.348. The number of nitrogens with zero attached hydrogens (tertiary/aromatic N) is 5. The van der Waals surface area contributed by atoms with Gasteiger partial charge in [-0.05, 0) is 26.3 Å². The summed E-state index contributed by atoms with van der Waals surface area (Å²) in [5.74, 6) is 0. The van der Waals surface area contributed by atoms with Gasteiger partial charge in [0.05, 0.1) is 11.4 Å². The van der Waals surface area contributed by atoms with Gasteiger partial charge in [-0.2, -0.15) is 5.10 Å². The van der Waals surface area contributed by atoms with Gasteiger partial charge in [0.15, 0.2) is 4.96 Å². The van der Waals surface area contributed by atoms with Crippen LogP contribution in [0.2, 0.25) is 5.15 Å². The van der Waals surface area contributed by atoms with Crippen molar-refractivity contribution in [2.75, 3.05) is 6.54 Å². The minimum absolute atomic E-state index is 0.348. The lowest BCUT2D eigenvalue weighted by atomic mass is 10.1. The molecule has 0 amide bonds. The Hall–Kier alpha value is -1.37. The van der Waals surface area contributed by atoms with E-state index in [0.29, 0.717) is 6.04 Å². The average molecular weight is 336 g/mol. The van der Waals surface area contributed by atoms with Crippen LogP contribution in [-0.4, -0.2) is 30.6 Å². The van der Waals surface area contributed by atoms with Crippen LogP contribution in [0.3, 0.4) is 0 Å². The highest BCUT2D eigenvalue weighted by atomic mass is 35.5. The standard InChI is InChI=1S/C15H18ClN5S/c1-10-13(14(16)19(2)18-10)12-4-3-5-20(12)8-11-9-21-6-7-22-15(21)17-11/h6-7,9,12H,3-5,8H2,1-2H3/t12-/m0/s1. The van der Waals surface area contributed by atoms with E-state index in [2.05, 4.69) is 32.2 Å². The molecule has 1 saturated heterocycles. The molecule has 0 spiro atoms. The molecule has 7 heteroatoms. The molecule has 1 atom stereocenters. The SMILES string of the molecule is Cc1nn(C)c(Cl)c1[C@@H]1CCCN1Cc1cn2ccsc2n1. The zero-order valence-corrected chi connectivity index (χ0v) is 14.2. The van der Waals surface area contributed by atoms with E-state index in [9.17, 15) is 0 Å². The number of halogens is 1. The van der Waals surface area contributed by atoms with Crippen LogP contribution in [0.1, 0.15) is 35.8 Å². The van der Waals surface area contributed by atoms with E-state index in [1.165, 1.54) is 12.0 Å². The number of aryl methyl sites for hydroxylation is 2. The number of imidazole rings is 1. The molecule has 116 valence electrons. The summed E-state index contributed by atoms with van der Waals surface area (Å²) in [6.45, 7) is 3.99. The van der Waals surface area contributed by atoms with Gasteiger partial charge in [0.2, 0.25) is 0 Å². The van der Waals surface area contributed by atoms with Crippen LogP contribution in [-0.2, 0) is 13.6 Å². The molecule has 0 aromatic carbocycles. The zero-order chi connectivity index (χ0) is 15.3. The van der Waals surface area contributed by atoms with Crippen molar-refractivity contribution in [3.05, 3.63) is 39.9 Å². The summed E-state index contributed by atoms with van der Waals surface area (Å²) >= 11 is 8.14. The Labute approximate surface area is 138 Å². The van der Waals surface area contributed by atoms with Crippen molar-refractivity contribution in [3.8, 4) is 0 Å². The Bertz CT molecular complexity index is 789. The summed E-state index contributed by atoms with van der Waals surface area (Å²) in [5, 5.41) is 7.29. The smallest absolute Gasteiger partial charge is 0.193 e. The number of fused-ring (bicyclic) bond motifs is 1. The molecule has 3 aromatic rings. The lowest BCUT2D eigenvalue weighted by Gasteiger charge is -2.23. The molecule has 1 aliphatic rings. The largest absolute Gasteiger partial charge is 0.297 e. The predicted octanol–water partition coefficient (Wildman–Crippen LogP) is 3.43. The van der Waals surface area contributed by atoms with Crippen molar-refractivity contribution in [3.63, 3.8) is 0 Å². The van der Waals surface area contributed by atoms with Gasteiger partial charge < -0.3 is 0 Å². The highest BCUT2D eigenvalue weighted by molar-refractivity contribution is 7.15. The van der Waals surface area contributed by atoms with E-state index in [1.54, 1.807) is 16.0 Å². The van der Waals surface area contributed by atoms with Crippen molar-refractivity contribution in [2.24, 2.45) is 7.05 Å². The van der Waals surface area contributed by atoms with Crippen LogP contribution in [0.5, 0.6) is 0 Å². The van der Waals surface area contributed by atoms with Gasteiger partial charge in [0, 0.05) is 43.0 Å². The molecular formula is C15H18ClN5S. The van der Waals surface area contributed by atoms with Crippen LogP contribution in [0, 0.1) is 6.92 Å². The van der Waals surface area contributed by atoms with Crippen molar-refractivity contribution in [2.45, 2.75) is 32.4 Å². The van der Waals surface area contributed by atoms with E-state index in [4.69, 9.17) is 16.6 Å². The Morgan fingerprint density at radius 3 is 3.05 bits per heavy atom. The van der Waals surface area contributed by atoms with Crippen molar-refractivity contribution < 1.29 is 0 Å². The first kappa shape index (κ1) is 14.2. The summed E-state index contributed by atoms with van der Waals surface area (Å²) in [4.78, 5) is 8.23. The molecule has 0 aliphatic carbocycles. The topological polar surface area (TPSA) is 38.4 Å². The fourth-order valence-corrected chi connectivity index (χ4v) is 4.45. The second-order valence-corrected chi connectivity index (χ2v) is 7.10. The molecule has 1 fully saturated rings. The Kier molecular flexibility index (Phi) is 3.47. The normalized spacial score (nSPS) is 19.5. The van der Waals surface area contributed by atoms with Gasteiger partial charge in [-0.1, -0.05) is 11.6 Å². The minimum Gasteiger partial charge on any atom is -0.297 e. The quantitative estimate of drug-likeness (QED) is 0.736. The number of hydrogen-bond acceptors (Lipinski definition) is 4. The summed E-state index contributed by atoms with van der Waals surface area (Å²) < 4.78 is 3.86. The Morgan fingerprint density at radius 1 is 1.45 bits per heavy atom. The number of thiazole rings is 1. The van der Waals surface area contributed by atoms with Gasteiger partial charge >= 0.3 is 0 Å². The number of hydrogen-bond donors (Lipinski definition) is 0. The first-order valence-corrected chi connectivity index (χ1v) is 8.73. The van der Waals surface area contributed by atoms with Crippen LogP contribution in [0.25, 0.3) is 4.96 Å². The average Bonchev–Trinajstić information content (AvgIpc) is 3.18. The van der Waals surface area contributed by atoms with Gasteiger partial charge in [0.1, 0.15) is 5.15 Å². The van der Waals surface area contributed by atoms with Crippen LogP contribution in [0.15, 0.2) is 17.8 Å². The second-order valence-electron chi connectivity index (χ2n) is 5.87. The summed E-state index contributed by atoms with van der Waals surface area (Å²) in [7, 11) is 1.90. The van der Waals surface area contributed by atoms with Crippen molar-refractivity contribution >= 4 is 27.9 Å². The fourth-order valence-electron chi connectivity index (χ4n) is 3.43. The first-order chi connectivity index (χ1) is 10.6. The van der Waals surface area contributed by atoms with E-state index in [1.807, 2.05) is 14.0 Å². The monoisotopic (exact) mass is 335 g/mol. The maximum Gasteiger partial charge on any atom is 0.193 e. The highest BCUT2D eigenvalue weighted by Gasteiger charge is 2.31. The predicted molar refractivity (Wildman–Crippen MR) is 88.4 cm³/mol. The molecule has 0 saturated carbocycles. The Balaban J connectivity index is 1.62. The maximum absolute atomic E-state index is 6.46. The number of aromatic nitrogens is 4. The zero-order valence-electron chi connectivity index (χ0n) is 12.7. The molecular weight excluding hydrogens is 318 g/mol. The lowest BCUT2D eigenvalue weighted by molar-refractivity contribution is 0.245. The van der Waals surface area contributed by atoms with Crippen molar-refractivity contribution in [1.82, 2.24) is 24.1 Å². The van der Waals surface area contributed by atoms with E-state index < -0.39 is 0 Å². The first-order valence-electron chi connectivity index (χ1n) is 7.47. The Morgan fingerprint density at radius 2 is 2.32 bits per heavy atom. The summed E-state index contributed by atoms with van der Waals surface area (Å²) in [5.41, 5.74) is 3.34. The maximum atomic E-state index is 6.46. The van der Waals surface area contributed by atoms with Gasteiger partial charge in [0.25, 0.3) is 0 Å². The van der Waals surface area contributed by atoms with Crippen LogP contribution in [0.4, 0.5) is 0 Å². The second kappa shape index (κ2) is 5.37. The molecule has 4 rings (SSSR count). The number of likely N-dealkylation sites (tertiary alicyclic amines) is 1. The molecule has 0 radical (unpaired) electrons. The van der Waals surface area contributed by atoms with Crippen molar-refractivity contribution in [1.29, 1.82) is 0 Å². The third-order valence-corrected chi connectivity index (χ3v) is 5.62. The molecule has 1 aliphatic heterocycles. The van der Waals surface area contributed by atoms with E-state index in [0.717, 1.165) is 41.0 Å². The molecule has 3 aromatic heterocycles. The lowest BCUT2D eigenvalue weighted by Crippen LogP contribution is -2.23. The van der Waals surface area contributed by atoms with Crippen LogP contribution >= 0.6 is 22.9 Å². The van der Waals surface area contributed by atoms with E-state index in [-0.39, 0.29) is 0 Å². The molecule has 0 unspecified atom stereocenters. The van der Waals surface area contributed by atoms with Gasteiger partial charge in [-0.3, -0.25) is 14.0 Å². The molecule has 0 N–H and O–H groups in total. The molecule has 5 nitrogen and oxygen atoms in total. The van der Waals surface area contributed by atoms with Gasteiger partial charge in [-0.15, -0.1) is 11.3 Å². The summed E-state index contributed by atoms with van der Waals surface area (Å²) in [6.07, 6.45) is 6.50. The molecule has 0 bridgehead atoms.